The molecule has 2 aromatic heterocycles. The third-order valence-electron chi connectivity index (χ3n) is 4.82. The molecule has 0 saturated carbocycles. The lowest BCUT2D eigenvalue weighted by Gasteiger charge is -2.36. The molecule has 1 aromatic carbocycles. The molecule has 0 spiro atoms. The SMILES string of the molecule is Cc1cc(N2CCN(C(=O)Cn3ncc4cccnc43)CC2)ccc1Cl. The predicted octanol–water partition coefficient (Wildman–Crippen LogP) is 2.74. The van der Waals surface area contributed by atoms with E-state index in [4.69, 9.17) is 11.6 Å². The second-order valence-electron chi connectivity index (χ2n) is 6.52. The summed E-state index contributed by atoms with van der Waals surface area (Å²) >= 11 is 6.11. The molecule has 3 heterocycles. The molecule has 1 saturated heterocycles. The number of piperazine rings is 1. The van der Waals surface area contributed by atoms with Gasteiger partial charge < -0.3 is 9.80 Å². The highest BCUT2D eigenvalue weighted by Crippen LogP contribution is 2.23. The molecule has 0 unspecified atom stereocenters. The molecule has 3 aromatic rings. The summed E-state index contributed by atoms with van der Waals surface area (Å²) in [6.45, 7) is 5.25. The fourth-order valence-electron chi connectivity index (χ4n) is 3.30. The number of rotatable bonds is 3. The summed E-state index contributed by atoms with van der Waals surface area (Å²) in [5, 5.41) is 6.02. The second-order valence-corrected chi connectivity index (χ2v) is 6.93. The number of fused-ring (bicyclic) bond motifs is 1. The van der Waals surface area contributed by atoms with Crippen molar-refractivity contribution in [3.63, 3.8) is 0 Å². The van der Waals surface area contributed by atoms with E-state index in [2.05, 4.69) is 21.0 Å². The highest BCUT2D eigenvalue weighted by molar-refractivity contribution is 6.31. The Labute approximate surface area is 157 Å². The van der Waals surface area contributed by atoms with E-state index >= 15 is 0 Å². The van der Waals surface area contributed by atoms with E-state index in [-0.39, 0.29) is 12.5 Å². The average Bonchev–Trinajstić information content (AvgIpc) is 3.07. The molecule has 0 radical (unpaired) electrons. The second kappa shape index (κ2) is 6.96. The summed E-state index contributed by atoms with van der Waals surface area (Å²) in [5.41, 5.74) is 2.97. The van der Waals surface area contributed by atoms with Crippen molar-refractivity contribution >= 4 is 34.2 Å². The van der Waals surface area contributed by atoms with Crippen molar-refractivity contribution in [3.05, 3.63) is 53.3 Å². The number of nitrogens with zero attached hydrogens (tertiary/aromatic N) is 5. The van der Waals surface area contributed by atoms with E-state index in [1.54, 1.807) is 17.1 Å². The van der Waals surface area contributed by atoms with Crippen LogP contribution in [0.15, 0.2) is 42.7 Å². The van der Waals surface area contributed by atoms with E-state index in [1.165, 1.54) is 0 Å². The van der Waals surface area contributed by atoms with Crippen LogP contribution in [0.4, 0.5) is 5.69 Å². The maximum absolute atomic E-state index is 12.7. The van der Waals surface area contributed by atoms with Crippen LogP contribution >= 0.6 is 11.6 Å². The Balaban J connectivity index is 1.39. The van der Waals surface area contributed by atoms with E-state index in [9.17, 15) is 4.79 Å². The van der Waals surface area contributed by atoms with Gasteiger partial charge in [0.05, 0.1) is 6.20 Å². The normalized spacial score (nSPS) is 14.8. The molecule has 0 atom stereocenters. The average molecular weight is 370 g/mol. The van der Waals surface area contributed by atoms with Gasteiger partial charge in [-0.25, -0.2) is 9.67 Å². The molecule has 0 aliphatic carbocycles. The van der Waals surface area contributed by atoms with E-state index in [0.29, 0.717) is 13.1 Å². The lowest BCUT2D eigenvalue weighted by molar-refractivity contribution is -0.132. The van der Waals surface area contributed by atoms with Gasteiger partial charge in [-0.2, -0.15) is 5.10 Å². The zero-order valence-electron chi connectivity index (χ0n) is 14.6. The number of anilines is 1. The predicted molar refractivity (Wildman–Crippen MR) is 103 cm³/mol. The van der Waals surface area contributed by atoms with Gasteiger partial charge in [0.15, 0.2) is 5.65 Å². The maximum atomic E-state index is 12.7. The zero-order valence-corrected chi connectivity index (χ0v) is 15.4. The van der Waals surface area contributed by atoms with Crippen molar-refractivity contribution < 1.29 is 4.79 Å². The Bertz CT molecular complexity index is 946. The third-order valence-corrected chi connectivity index (χ3v) is 5.25. The van der Waals surface area contributed by atoms with E-state index in [0.717, 1.165) is 40.4 Å². The molecular formula is C19H20ClN5O. The molecule has 134 valence electrons. The summed E-state index contributed by atoms with van der Waals surface area (Å²) in [5.74, 6) is 0.0765. The molecule has 1 aliphatic heterocycles. The van der Waals surface area contributed by atoms with Gasteiger partial charge in [-0.15, -0.1) is 0 Å². The minimum atomic E-state index is 0.0765. The van der Waals surface area contributed by atoms with Crippen LogP contribution in [0, 0.1) is 6.92 Å². The first-order chi connectivity index (χ1) is 12.6. The number of pyridine rings is 1. The number of carbonyl (C=O) groups is 1. The molecule has 6 nitrogen and oxygen atoms in total. The molecule has 4 rings (SSSR count). The molecule has 0 bridgehead atoms. The number of hydrogen-bond donors (Lipinski definition) is 0. The Morgan fingerprint density at radius 1 is 1.19 bits per heavy atom. The van der Waals surface area contributed by atoms with Crippen molar-refractivity contribution in [1.82, 2.24) is 19.7 Å². The van der Waals surface area contributed by atoms with Gasteiger partial charge in [0, 0.05) is 48.5 Å². The van der Waals surface area contributed by atoms with Crippen molar-refractivity contribution in [2.45, 2.75) is 13.5 Å². The van der Waals surface area contributed by atoms with E-state index in [1.807, 2.05) is 36.1 Å². The lowest BCUT2D eigenvalue weighted by atomic mass is 10.2. The highest BCUT2D eigenvalue weighted by Gasteiger charge is 2.22. The minimum absolute atomic E-state index is 0.0765. The van der Waals surface area contributed by atoms with Crippen LogP contribution in [0.25, 0.3) is 11.0 Å². The summed E-state index contributed by atoms with van der Waals surface area (Å²) in [6, 6.07) is 9.88. The number of halogens is 1. The summed E-state index contributed by atoms with van der Waals surface area (Å²) in [4.78, 5) is 21.2. The van der Waals surface area contributed by atoms with Gasteiger partial charge in [-0.05, 0) is 42.8 Å². The van der Waals surface area contributed by atoms with Gasteiger partial charge in [-0.3, -0.25) is 4.79 Å². The molecule has 1 amide bonds. The highest BCUT2D eigenvalue weighted by atomic mass is 35.5. The maximum Gasteiger partial charge on any atom is 0.244 e. The summed E-state index contributed by atoms with van der Waals surface area (Å²) in [6.07, 6.45) is 3.47. The van der Waals surface area contributed by atoms with Crippen molar-refractivity contribution in [2.24, 2.45) is 0 Å². The van der Waals surface area contributed by atoms with Gasteiger partial charge in [0.1, 0.15) is 6.54 Å². The van der Waals surface area contributed by atoms with Crippen molar-refractivity contribution in [3.8, 4) is 0 Å². The zero-order chi connectivity index (χ0) is 18.1. The number of aromatic nitrogens is 3. The van der Waals surface area contributed by atoms with Gasteiger partial charge in [0.2, 0.25) is 5.91 Å². The monoisotopic (exact) mass is 369 g/mol. The molecule has 0 N–H and O–H groups in total. The Kier molecular flexibility index (Phi) is 4.51. The van der Waals surface area contributed by atoms with Crippen LogP contribution in [0.5, 0.6) is 0 Å². The fourth-order valence-corrected chi connectivity index (χ4v) is 3.41. The van der Waals surface area contributed by atoms with Crippen molar-refractivity contribution in [2.75, 3.05) is 31.1 Å². The first-order valence-corrected chi connectivity index (χ1v) is 9.05. The molecule has 7 heteroatoms. The van der Waals surface area contributed by atoms with Crippen LogP contribution in [0.3, 0.4) is 0 Å². The molecule has 1 aliphatic rings. The smallest absolute Gasteiger partial charge is 0.244 e. The van der Waals surface area contributed by atoms with Crippen LogP contribution in [-0.2, 0) is 11.3 Å². The Hall–Kier alpha value is -2.60. The Morgan fingerprint density at radius 3 is 2.77 bits per heavy atom. The van der Waals surface area contributed by atoms with Gasteiger partial charge >= 0.3 is 0 Å². The molecular weight excluding hydrogens is 350 g/mol. The van der Waals surface area contributed by atoms with E-state index < -0.39 is 0 Å². The number of amides is 1. The molecule has 1 fully saturated rings. The quantitative estimate of drug-likeness (QED) is 0.712. The van der Waals surface area contributed by atoms with Gasteiger partial charge in [0.25, 0.3) is 0 Å². The van der Waals surface area contributed by atoms with Crippen LogP contribution < -0.4 is 4.90 Å². The molecule has 26 heavy (non-hydrogen) atoms. The van der Waals surface area contributed by atoms with Gasteiger partial charge in [-0.1, -0.05) is 11.6 Å². The minimum Gasteiger partial charge on any atom is -0.368 e. The fraction of sp³-hybridized carbons (Fsp3) is 0.316. The standard InChI is InChI=1S/C19H20ClN5O/c1-14-11-16(4-5-17(14)20)23-7-9-24(10-8-23)18(26)13-25-19-15(12-22-25)3-2-6-21-19/h2-6,11-12H,7-10,13H2,1H3. The van der Waals surface area contributed by atoms with Crippen molar-refractivity contribution in [1.29, 1.82) is 0 Å². The summed E-state index contributed by atoms with van der Waals surface area (Å²) in [7, 11) is 0. The lowest BCUT2D eigenvalue weighted by Crippen LogP contribution is -2.49. The van der Waals surface area contributed by atoms with Crippen LogP contribution in [0.1, 0.15) is 5.56 Å². The largest absolute Gasteiger partial charge is 0.368 e. The number of carbonyl (C=O) groups excluding carboxylic acids is 1. The topological polar surface area (TPSA) is 54.3 Å². The first-order valence-electron chi connectivity index (χ1n) is 8.67. The Morgan fingerprint density at radius 2 is 2.00 bits per heavy atom. The van der Waals surface area contributed by atoms with Crippen LogP contribution in [-0.4, -0.2) is 51.8 Å². The third kappa shape index (κ3) is 3.24. The summed E-state index contributed by atoms with van der Waals surface area (Å²) < 4.78 is 1.67. The number of benzene rings is 1. The number of aryl methyl sites for hydroxylation is 1. The van der Waals surface area contributed by atoms with Crippen LogP contribution in [0.2, 0.25) is 5.02 Å². The first kappa shape index (κ1) is 16.8. The number of hydrogen-bond acceptors (Lipinski definition) is 4.